The van der Waals surface area contributed by atoms with E-state index in [0.29, 0.717) is 6.04 Å². The zero-order chi connectivity index (χ0) is 13.2. The third-order valence-electron chi connectivity index (χ3n) is 3.40. The number of hydrogen-bond donors (Lipinski definition) is 0. The van der Waals surface area contributed by atoms with E-state index < -0.39 is 0 Å². The Morgan fingerprint density at radius 2 is 1.68 bits per heavy atom. The van der Waals surface area contributed by atoms with Gasteiger partial charge >= 0.3 is 0 Å². The number of benzene rings is 2. The highest BCUT2D eigenvalue weighted by Gasteiger charge is 2.19. The van der Waals surface area contributed by atoms with E-state index in [9.17, 15) is 0 Å². The molecule has 0 aliphatic carbocycles. The second-order valence-electron chi connectivity index (χ2n) is 4.69. The van der Waals surface area contributed by atoms with Crippen molar-refractivity contribution < 1.29 is 0 Å². The van der Waals surface area contributed by atoms with Crippen molar-refractivity contribution in [3.8, 4) is 0 Å². The Morgan fingerprint density at radius 3 is 2.37 bits per heavy atom. The lowest BCUT2D eigenvalue weighted by atomic mass is 10.0. The molecule has 0 amide bonds. The van der Waals surface area contributed by atoms with E-state index in [-0.39, 0.29) is 0 Å². The summed E-state index contributed by atoms with van der Waals surface area (Å²) in [5.41, 5.74) is 3.65. The minimum atomic E-state index is 0.291. The average molecular weight is 335 g/mol. The molecular weight excluding hydrogens is 322 g/mol. The molecule has 0 bridgehead atoms. The fraction of sp³-hybridized carbons (Fsp3) is 0.188. The Bertz CT molecular complexity index is 602. The maximum absolute atomic E-state index is 5.91. The predicted octanol–water partition coefficient (Wildman–Crippen LogP) is 5.43. The first-order valence-electron chi connectivity index (χ1n) is 6.30. The van der Waals surface area contributed by atoms with E-state index in [2.05, 4.69) is 40.2 Å². The standard InChI is InChI=1S/C16H13BrClN/c17-13-5-1-11(2-6-13)15-9-10-16(19-15)12-3-7-14(18)8-4-12/h1-8,15H,9-10H2. The molecule has 2 aromatic carbocycles. The monoisotopic (exact) mass is 333 g/mol. The zero-order valence-electron chi connectivity index (χ0n) is 10.3. The van der Waals surface area contributed by atoms with Crippen LogP contribution in [-0.4, -0.2) is 5.71 Å². The molecule has 3 heteroatoms. The molecule has 0 N–H and O–H groups in total. The molecule has 1 heterocycles. The molecule has 0 saturated heterocycles. The Kier molecular flexibility index (Phi) is 3.72. The van der Waals surface area contributed by atoms with Crippen LogP contribution < -0.4 is 0 Å². The zero-order valence-corrected chi connectivity index (χ0v) is 12.7. The molecule has 1 atom stereocenters. The van der Waals surface area contributed by atoms with Crippen LogP contribution in [0.15, 0.2) is 58.0 Å². The van der Waals surface area contributed by atoms with Crippen molar-refractivity contribution in [2.45, 2.75) is 18.9 Å². The summed E-state index contributed by atoms with van der Waals surface area (Å²) in [7, 11) is 0. The highest BCUT2D eigenvalue weighted by molar-refractivity contribution is 9.10. The van der Waals surface area contributed by atoms with Crippen LogP contribution in [0.1, 0.15) is 30.0 Å². The number of hydrogen-bond acceptors (Lipinski definition) is 1. The van der Waals surface area contributed by atoms with Crippen LogP contribution in [0.2, 0.25) is 5.02 Å². The van der Waals surface area contributed by atoms with Crippen LogP contribution in [0, 0.1) is 0 Å². The van der Waals surface area contributed by atoms with Crippen molar-refractivity contribution >= 4 is 33.2 Å². The summed E-state index contributed by atoms with van der Waals surface area (Å²) in [6.45, 7) is 0. The van der Waals surface area contributed by atoms with Crippen molar-refractivity contribution in [3.05, 3.63) is 69.2 Å². The summed E-state index contributed by atoms with van der Waals surface area (Å²) < 4.78 is 1.11. The van der Waals surface area contributed by atoms with Gasteiger partial charge in [-0.2, -0.15) is 0 Å². The Labute approximate surface area is 126 Å². The second-order valence-corrected chi connectivity index (χ2v) is 6.04. The van der Waals surface area contributed by atoms with Crippen molar-refractivity contribution in [3.63, 3.8) is 0 Å². The first-order valence-corrected chi connectivity index (χ1v) is 7.47. The molecule has 0 aromatic heterocycles. The molecule has 19 heavy (non-hydrogen) atoms. The quantitative estimate of drug-likeness (QED) is 0.694. The lowest BCUT2D eigenvalue weighted by molar-refractivity contribution is 0.723. The first kappa shape index (κ1) is 12.9. The first-order chi connectivity index (χ1) is 9.22. The number of aliphatic imine (C=N–C) groups is 1. The van der Waals surface area contributed by atoms with Gasteiger partial charge in [-0.05, 0) is 48.2 Å². The molecule has 1 unspecified atom stereocenters. The van der Waals surface area contributed by atoms with Crippen molar-refractivity contribution in [2.75, 3.05) is 0 Å². The van der Waals surface area contributed by atoms with E-state index in [1.54, 1.807) is 0 Å². The number of rotatable bonds is 2. The summed E-state index contributed by atoms with van der Waals surface area (Å²) >= 11 is 9.37. The van der Waals surface area contributed by atoms with E-state index in [1.165, 1.54) is 16.8 Å². The van der Waals surface area contributed by atoms with Crippen molar-refractivity contribution in [1.29, 1.82) is 0 Å². The summed E-state index contributed by atoms with van der Waals surface area (Å²) in [6.07, 6.45) is 2.11. The minimum Gasteiger partial charge on any atom is -0.281 e. The molecule has 1 nitrogen and oxygen atoms in total. The summed E-state index contributed by atoms with van der Waals surface area (Å²) in [6, 6.07) is 16.7. The van der Waals surface area contributed by atoms with Gasteiger partial charge in [0.05, 0.1) is 6.04 Å². The highest BCUT2D eigenvalue weighted by Crippen LogP contribution is 2.31. The van der Waals surface area contributed by atoms with Crippen LogP contribution in [0.4, 0.5) is 0 Å². The maximum atomic E-state index is 5.91. The number of halogens is 2. The van der Waals surface area contributed by atoms with Gasteiger partial charge in [-0.1, -0.05) is 51.8 Å². The summed E-state index contributed by atoms with van der Waals surface area (Å²) in [5.74, 6) is 0. The van der Waals surface area contributed by atoms with Gasteiger partial charge in [0.15, 0.2) is 0 Å². The highest BCUT2D eigenvalue weighted by atomic mass is 79.9. The largest absolute Gasteiger partial charge is 0.281 e. The maximum Gasteiger partial charge on any atom is 0.0756 e. The Morgan fingerprint density at radius 1 is 1.00 bits per heavy atom. The molecule has 2 aromatic rings. The normalized spacial score (nSPS) is 18.4. The average Bonchev–Trinajstić information content (AvgIpc) is 2.90. The van der Waals surface area contributed by atoms with Gasteiger partial charge in [0.2, 0.25) is 0 Å². The van der Waals surface area contributed by atoms with Gasteiger partial charge in [0.1, 0.15) is 0 Å². The van der Waals surface area contributed by atoms with Crippen LogP contribution in [0.25, 0.3) is 0 Å². The van der Waals surface area contributed by atoms with E-state index in [1.807, 2.05) is 24.3 Å². The summed E-state index contributed by atoms with van der Waals surface area (Å²) in [5, 5.41) is 0.770. The third-order valence-corrected chi connectivity index (χ3v) is 4.18. The lowest BCUT2D eigenvalue weighted by Crippen LogP contribution is -1.94. The topological polar surface area (TPSA) is 12.4 Å². The minimum absolute atomic E-state index is 0.291. The summed E-state index contributed by atoms with van der Waals surface area (Å²) in [4.78, 5) is 4.85. The van der Waals surface area contributed by atoms with E-state index in [0.717, 1.165) is 22.3 Å². The van der Waals surface area contributed by atoms with E-state index in [4.69, 9.17) is 16.6 Å². The molecule has 0 radical (unpaired) electrons. The van der Waals surface area contributed by atoms with Gasteiger partial charge in [-0.25, -0.2) is 0 Å². The van der Waals surface area contributed by atoms with Crippen LogP contribution >= 0.6 is 27.5 Å². The van der Waals surface area contributed by atoms with Gasteiger partial charge in [-0.3, -0.25) is 4.99 Å². The molecular formula is C16H13BrClN. The van der Waals surface area contributed by atoms with Gasteiger partial charge in [-0.15, -0.1) is 0 Å². The van der Waals surface area contributed by atoms with Gasteiger partial charge < -0.3 is 0 Å². The van der Waals surface area contributed by atoms with Crippen LogP contribution in [0.5, 0.6) is 0 Å². The fourth-order valence-electron chi connectivity index (χ4n) is 2.38. The van der Waals surface area contributed by atoms with Gasteiger partial charge in [0, 0.05) is 15.2 Å². The van der Waals surface area contributed by atoms with Crippen molar-refractivity contribution in [2.24, 2.45) is 4.99 Å². The molecule has 1 aliphatic rings. The predicted molar refractivity (Wildman–Crippen MR) is 84.1 cm³/mol. The van der Waals surface area contributed by atoms with Crippen molar-refractivity contribution in [1.82, 2.24) is 0 Å². The van der Waals surface area contributed by atoms with E-state index >= 15 is 0 Å². The van der Waals surface area contributed by atoms with Gasteiger partial charge in [0.25, 0.3) is 0 Å². The molecule has 1 aliphatic heterocycles. The molecule has 0 spiro atoms. The Hall–Kier alpha value is -1.12. The Balaban J connectivity index is 1.84. The third kappa shape index (κ3) is 2.90. The van der Waals surface area contributed by atoms with Crippen LogP contribution in [0.3, 0.4) is 0 Å². The fourth-order valence-corrected chi connectivity index (χ4v) is 2.77. The molecule has 0 fully saturated rings. The number of nitrogens with zero attached hydrogens (tertiary/aromatic N) is 1. The lowest BCUT2D eigenvalue weighted by Gasteiger charge is -2.06. The molecule has 3 rings (SSSR count). The molecule has 0 saturated carbocycles. The van der Waals surface area contributed by atoms with Crippen LogP contribution in [-0.2, 0) is 0 Å². The molecule has 96 valence electrons. The smallest absolute Gasteiger partial charge is 0.0756 e. The SMILES string of the molecule is Clc1ccc(C2=NC(c3ccc(Br)cc3)CC2)cc1. The second kappa shape index (κ2) is 5.48.